The molecule has 40 heavy (non-hydrogen) atoms. The van der Waals surface area contributed by atoms with Crippen LogP contribution in [0.4, 0.5) is 0 Å². The molecular formula is C36H22N4. The highest BCUT2D eigenvalue weighted by molar-refractivity contribution is 6.26. The zero-order valence-electron chi connectivity index (χ0n) is 21.5. The van der Waals surface area contributed by atoms with E-state index in [4.69, 9.17) is 19.9 Å². The summed E-state index contributed by atoms with van der Waals surface area (Å²) in [5, 5.41) is 8.17. The molecule has 2 aromatic heterocycles. The van der Waals surface area contributed by atoms with Crippen LogP contribution < -0.4 is 0 Å². The minimum atomic E-state index is 0.648. The van der Waals surface area contributed by atoms with Crippen LogP contribution in [-0.2, 0) is 0 Å². The Hall–Kier alpha value is -5.48. The Morgan fingerprint density at radius 3 is 1.55 bits per heavy atom. The van der Waals surface area contributed by atoms with E-state index < -0.39 is 0 Å². The van der Waals surface area contributed by atoms with Crippen molar-refractivity contribution in [3.8, 4) is 34.2 Å². The highest BCUT2D eigenvalue weighted by atomic mass is 15.0. The van der Waals surface area contributed by atoms with E-state index >= 15 is 0 Å². The average Bonchev–Trinajstić information content (AvgIpc) is 3.04. The van der Waals surface area contributed by atoms with Gasteiger partial charge < -0.3 is 0 Å². The maximum atomic E-state index is 4.96. The number of benzene rings is 6. The molecule has 2 heterocycles. The Labute approximate surface area is 230 Å². The van der Waals surface area contributed by atoms with Crippen molar-refractivity contribution < 1.29 is 0 Å². The monoisotopic (exact) mass is 510 g/mol. The third kappa shape index (κ3) is 3.69. The van der Waals surface area contributed by atoms with Gasteiger partial charge in [-0.3, -0.25) is 4.98 Å². The van der Waals surface area contributed by atoms with Crippen LogP contribution in [0.3, 0.4) is 0 Å². The molecule has 0 aliphatic heterocycles. The fourth-order valence-electron chi connectivity index (χ4n) is 5.58. The van der Waals surface area contributed by atoms with E-state index in [1.54, 1.807) is 0 Å². The Kier molecular flexibility index (Phi) is 5.10. The van der Waals surface area contributed by atoms with Crippen LogP contribution in [0.5, 0.6) is 0 Å². The quantitative estimate of drug-likeness (QED) is 0.176. The third-order valence-corrected chi connectivity index (χ3v) is 7.51. The molecule has 0 radical (unpaired) electrons. The SMILES string of the molecule is c1ccc(-c2nc(-c3ccccc3)nc(-c3ccc4c(c3)c3cc5ccccc5cc3c3ncccc43)n2)cc1. The number of hydrogen-bond donors (Lipinski definition) is 0. The summed E-state index contributed by atoms with van der Waals surface area (Å²) in [6.45, 7) is 0. The molecule has 0 bridgehead atoms. The fourth-order valence-corrected chi connectivity index (χ4v) is 5.58. The molecule has 0 atom stereocenters. The van der Waals surface area contributed by atoms with Gasteiger partial charge in [-0.05, 0) is 51.2 Å². The molecule has 4 heteroatoms. The second kappa shape index (κ2) is 9.07. The molecule has 0 unspecified atom stereocenters. The van der Waals surface area contributed by atoms with Crippen molar-refractivity contribution in [3.63, 3.8) is 0 Å². The van der Waals surface area contributed by atoms with Gasteiger partial charge in [0.05, 0.1) is 5.52 Å². The van der Waals surface area contributed by atoms with E-state index in [0.717, 1.165) is 43.8 Å². The molecule has 0 N–H and O–H groups in total. The maximum Gasteiger partial charge on any atom is 0.164 e. The van der Waals surface area contributed by atoms with Gasteiger partial charge in [-0.25, -0.2) is 15.0 Å². The number of aromatic nitrogens is 4. The lowest BCUT2D eigenvalue weighted by molar-refractivity contribution is 1.07. The summed E-state index contributed by atoms with van der Waals surface area (Å²) in [6.07, 6.45) is 1.87. The van der Waals surface area contributed by atoms with Crippen LogP contribution in [0.25, 0.3) is 77.4 Å². The molecule has 8 aromatic rings. The summed E-state index contributed by atoms with van der Waals surface area (Å²) in [5.74, 6) is 1.96. The Morgan fingerprint density at radius 2 is 0.900 bits per heavy atom. The zero-order chi connectivity index (χ0) is 26.5. The summed E-state index contributed by atoms with van der Waals surface area (Å²) < 4.78 is 0. The number of pyridine rings is 1. The number of nitrogens with zero attached hydrogens (tertiary/aromatic N) is 4. The molecular weight excluding hydrogens is 488 g/mol. The number of fused-ring (bicyclic) bond motifs is 7. The summed E-state index contributed by atoms with van der Waals surface area (Å²) in [5.41, 5.74) is 3.87. The first-order chi connectivity index (χ1) is 19.8. The van der Waals surface area contributed by atoms with E-state index in [9.17, 15) is 0 Å². The molecule has 0 fully saturated rings. The smallest absolute Gasteiger partial charge is 0.164 e. The second-order valence-electron chi connectivity index (χ2n) is 9.94. The van der Waals surface area contributed by atoms with E-state index in [2.05, 4.69) is 60.7 Å². The van der Waals surface area contributed by atoms with E-state index in [1.807, 2.05) is 72.9 Å². The Bertz CT molecular complexity index is 2150. The zero-order valence-corrected chi connectivity index (χ0v) is 21.5. The maximum absolute atomic E-state index is 4.96. The summed E-state index contributed by atoms with van der Waals surface area (Å²) >= 11 is 0. The van der Waals surface area contributed by atoms with Gasteiger partial charge in [-0.1, -0.05) is 103 Å². The minimum absolute atomic E-state index is 0.648. The lowest BCUT2D eigenvalue weighted by atomic mass is 9.93. The van der Waals surface area contributed by atoms with Gasteiger partial charge in [0.15, 0.2) is 17.5 Å². The number of rotatable bonds is 3. The lowest BCUT2D eigenvalue weighted by Gasteiger charge is -2.13. The minimum Gasteiger partial charge on any atom is -0.256 e. The van der Waals surface area contributed by atoms with Gasteiger partial charge >= 0.3 is 0 Å². The van der Waals surface area contributed by atoms with Crippen LogP contribution in [0, 0.1) is 0 Å². The second-order valence-corrected chi connectivity index (χ2v) is 9.94. The Morgan fingerprint density at radius 1 is 0.350 bits per heavy atom. The van der Waals surface area contributed by atoms with Crippen molar-refractivity contribution in [2.24, 2.45) is 0 Å². The van der Waals surface area contributed by atoms with Gasteiger partial charge in [0.25, 0.3) is 0 Å². The largest absolute Gasteiger partial charge is 0.256 e. The van der Waals surface area contributed by atoms with Crippen LogP contribution in [0.1, 0.15) is 0 Å². The van der Waals surface area contributed by atoms with Gasteiger partial charge in [0.2, 0.25) is 0 Å². The van der Waals surface area contributed by atoms with Crippen molar-refractivity contribution in [2.75, 3.05) is 0 Å². The third-order valence-electron chi connectivity index (χ3n) is 7.51. The van der Waals surface area contributed by atoms with Crippen LogP contribution >= 0.6 is 0 Å². The standard InChI is InChI=1S/C36H22N4/c1-3-10-23(11-4-1)34-38-35(24-12-5-2-6-13-24)40-36(39-34)27-17-18-28-29-16-9-19-37-33(29)32-21-26-15-8-7-14-25(26)20-31(32)30(28)22-27/h1-22H. The summed E-state index contributed by atoms with van der Waals surface area (Å²) in [4.78, 5) is 19.6. The predicted octanol–water partition coefficient (Wildman–Crippen LogP) is 8.88. The highest BCUT2D eigenvalue weighted by Crippen LogP contribution is 2.38. The van der Waals surface area contributed by atoms with Crippen molar-refractivity contribution >= 4 is 43.2 Å². The van der Waals surface area contributed by atoms with E-state index in [1.165, 1.54) is 16.2 Å². The summed E-state index contributed by atoms with van der Waals surface area (Å²) in [6, 6.07) is 43.9. The molecule has 0 spiro atoms. The lowest BCUT2D eigenvalue weighted by Crippen LogP contribution is -2.00. The normalized spacial score (nSPS) is 11.5. The van der Waals surface area contributed by atoms with Crippen LogP contribution in [-0.4, -0.2) is 19.9 Å². The first-order valence-electron chi connectivity index (χ1n) is 13.3. The fraction of sp³-hybridized carbons (Fsp3) is 0. The molecule has 0 saturated carbocycles. The molecule has 186 valence electrons. The molecule has 0 aliphatic rings. The van der Waals surface area contributed by atoms with Crippen molar-refractivity contribution in [3.05, 3.63) is 134 Å². The molecule has 8 rings (SSSR count). The molecule has 0 amide bonds. The molecule has 6 aromatic carbocycles. The summed E-state index contributed by atoms with van der Waals surface area (Å²) in [7, 11) is 0. The topological polar surface area (TPSA) is 51.6 Å². The van der Waals surface area contributed by atoms with Crippen molar-refractivity contribution in [1.82, 2.24) is 19.9 Å². The molecule has 0 aliphatic carbocycles. The Balaban J connectivity index is 1.43. The van der Waals surface area contributed by atoms with Gasteiger partial charge in [-0.2, -0.15) is 0 Å². The molecule has 4 nitrogen and oxygen atoms in total. The molecule has 0 saturated heterocycles. The van der Waals surface area contributed by atoms with Crippen LogP contribution in [0.15, 0.2) is 134 Å². The highest BCUT2D eigenvalue weighted by Gasteiger charge is 2.15. The van der Waals surface area contributed by atoms with E-state index in [-0.39, 0.29) is 0 Å². The van der Waals surface area contributed by atoms with Crippen molar-refractivity contribution in [1.29, 1.82) is 0 Å². The van der Waals surface area contributed by atoms with Crippen molar-refractivity contribution in [2.45, 2.75) is 0 Å². The van der Waals surface area contributed by atoms with Gasteiger partial charge in [-0.15, -0.1) is 0 Å². The van der Waals surface area contributed by atoms with E-state index in [0.29, 0.717) is 17.5 Å². The van der Waals surface area contributed by atoms with Crippen LogP contribution in [0.2, 0.25) is 0 Å². The first kappa shape index (κ1) is 22.5. The first-order valence-corrected chi connectivity index (χ1v) is 13.3. The predicted molar refractivity (Wildman–Crippen MR) is 164 cm³/mol. The number of hydrogen-bond acceptors (Lipinski definition) is 4. The van der Waals surface area contributed by atoms with Gasteiger partial charge in [0.1, 0.15) is 0 Å². The average molecular weight is 511 g/mol. The van der Waals surface area contributed by atoms with Gasteiger partial charge in [0, 0.05) is 33.7 Å².